The Morgan fingerprint density at radius 1 is 1.03 bits per heavy atom. The summed E-state index contributed by atoms with van der Waals surface area (Å²) in [6.45, 7) is 1.40. The van der Waals surface area contributed by atoms with Gasteiger partial charge in [0.15, 0.2) is 0 Å². The van der Waals surface area contributed by atoms with Crippen LogP contribution in [0.3, 0.4) is 0 Å². The summed E-state index contributed by atoms with van der Waals surface area (Å²) >= 11 is 6.40. The van der Waals surface area contributed by atoms with E-state index in [-0.39, 0.29) is 23.4 Å². The van der Waals surface area contributed by atoms with E-state index >= 15 is 0 Å². The van der Waals surface area contributed by atoms with Gasteiger partial charge in [0.1, 0.15) is 17.1 Å². The Bertz CT molecular complexity index is 1190. The fraction of sp³-hybridized carbons (Fsp3) is 0.435. The number of hydrogen-bond acceptors (Lipinski definition) is 6. The van der Waals surface area contributed by atoms with Crippen LogP contribution in [-0.4, -0.2) is 75.7 Å². The van der Waals surface area contributed by atoms with Gasteiger partial charge in [-0.15, -0.1) is 0 Å². The number of aromatic nitrogens is 2. The number of carbonyl (C=O) groups is 3. The molecule has 0 bridgehead atoms. The second-order valence-corrected chi connectivity index (χ2v) is 9.25. The average molecular weight is 485 g/mol. The molecule has 1 saturated carbocycles. The Morgan fingerprint density at radius 3 is 2.38 bits per heavy atom. The SMILES string of the molecule is O=C(CN1C(=O)NC2(CCCC2)C1=O)N1CCN(c2cnn(-c3ccccc3)c(=O)c2Cl)CC1. The lowest BCUT2D eigenvalue weighted by Crippen LogP contribution is -2.52. The van der Waals surface area contributed by atoms with Crippen LogP contribution in [0, 0.1) is 0 Å². The zero-order valence-corrected chi connectivity index (χ0v) is 19.3. The van der Waals surface area contributed by atoms with E-state index in [4.69, 9.17) is 11.6 Å². The zero-order valence-electron chi connectivity index (χ0n) is 18.6. The van der Waals surface area contributed by atoms with Gasteiger partial charge < -0.3 is 15.1 Å². The molecule has 3 aliphatic rings. The van der Waals surface area contributed by atoms with Crippen LogP contribution in [0.15, 0.2) is 41.3 Å². The Morgan fingerprint density at radius 2 is 1.71 bits per heavy atom. The molecule has 1 aliphatic carbocycles. The molecule has 178 valence electrons. The van der Waals surface area contributed by atoms with E-state index < -0.39 is 17.1 Å². The van der Waals surface area contributed by atoms with Crippen LogP contribution < -0.4 is 15.8 Å². The third-order valence-corrected chi connectivity index (χ3v) is 7.23. The minimum atomic E-state index is -0.820. The van der Waals surface area contributed by atoms with E-state index in [1.54, 1.807) is 23.2 Å². The fourth-order valence-corrected chi connectivity index (χ4v) is 5.22. The molecule has 10 nitrogen and oxygen atoms in total. The molecule has 2 aliphatic heterocycles. The molecule has 0 unspecified atom stereocenters. The second kappa shape index (κ2) is 8.75. The van der Waals surface area contributed by atoms with E-state index in [2.05, 4.69) is 10.4 Å². The third-order valence-electron chi connectivity index (χ3n) is 6.87. The largest absolute Gasteiger partial charge is 0.365 e. The summed E-state index contributed by atoms with van der Waals surface area (Å²) in [5.41, 5.74) is -0.0949. The van der Waals surface area contributed by atoms with Crippen LogP contribution in [-0.2, 0) is 9.59 Å². The van der Waals surface area contributed by atoms with Crippen LogP contribution in [0.1, 0.15) is 25.7 Å². The highest BCUT2D eigenvalue weighted by atomic mass is 35.5. The predicted octanol–water partition coefficient (Wildman–Crippen LogP) is 1.40. The Labute approximate surface area is 201 Å². The first-order chi connectivity index (χ1) is 16.4. The zero-order chi connectivity index (χ0) is 23.9. The third kappa shape index (κ3) is 3.81. The number of rotatable bonds is 4. The van der Waals surface area contributed by atoms with Gasteiger partial charge in [0, 0.05) is 26.2 Å². The normalized spacial score (nSPS) is 19.7. The highest BCUT2D eigenvalue weighted by molar-refractivity contribution is 6.33. The number of piperazine rings is 1. The van der Waals surface area contributed by atoms with Gasteiger partial charge in [0.05, 0.1) is 17.6 Å². The van der Waals surface area contributed by atoms with Crippen molar-refractivity contribution in [2.45, 2.75) is 31.2 Å². The summed E-state index contributed by atoms with van der Waals surface area (Å²) in [4.78, 5) is 55.4. The van der Waals surface area contributed by atoms with Crippen molar-refractivity contribution in [3.05, 3.63) is 51.9 Å². The van der Waals surface area contributed by atoms with Gasteiger partial charge in [-0.2, -0.15) is 9.78 Å². The molecule has 11 heteroatoms. The van der Waals surface area contributed by atoms with Gasteiger partial charge in [0.25, 0.3) is 11.5 Å². The number of para-hydroxylation sites is 1. The monoisotopic (exact) mass is 484 g/mol. The minimum absolute atomic E-state index is 0.0693. The topological polar surface area (TPSA) is 108 Å². The Balaban J connectivity index is 1.23. The maximum Gasteiger partial charge on any atom is 0.325 e. The molecular formula is C23H25ClN6O4. The molecular weight excluding hydrogens is 460 g/mol. The smallest absolute Gasteiger partial charge is 0.325 e. The summed E-state index contributed by atoms with van der Waals surface area (Å²) in [7, 11) is 0. The standard InChI is InChI=1S/C23H25ClN6O4/c24-19-17(14-25-30(20(19)32)16-6-2-1-3-7-16)27-10-12-28(13-11-27)18(31)15-29-21(33)23(26-22(29)34)8-4-5-9-23/h1-3,6-7,14H,4-5,8-13,15H2,(H,26,34). The lowest BCUT2D eigenvalue weighted by molar-refractivity contribution is -0.139. The molecule has 5 rings (SSSR count). The van der Waals surface area contributed by atoms with Crippen LogP contribution in [0.4, 0.5) is 10.5 Å². The van der Waals surface area contributed by atoms with Crippen LogP contribution in [0.25, 0.3) is 5.69 Å². The van der Waals surface area contributed by atoms with Crippen LogP contribution >= 0.6 is 11.6 Å². The maximum absolute atomic E-state index is 12.9. The summed E-state index contributed by atoms with van der Waals surface area (Å²) in [5.74, 6) is -0.569. The highest BCUT2D eigenvalue weighted by Crippen LogP contribution is 2.35. The lowest BCUT2D eigenvalue weighted by atomic mass is 9.98. The Kier molecular flexibility index (Phi) is 5.76. The first-order valence-corrected chi connectivity index (χ1v) is 11.8. The van der Waals surface area contributed by atoms with Gasteiger partial charge in [-0.25, -0.2) is 4.79 Å². The minimum Gasteiger partial charge on any atom is -0.365 e. The van der Waals surface area contributed by atoms with E-state index in [0.717, 1.165) is 17.7 Å². The first-order valence-electron chi connectivity index (χ1n) is 11.4. The van der Waals surface area contributed by atoms with Gasteiger partial charge in [-0.05, 0) is 25.0 Å². The summed E-state index contributed by atoms with van der Waals surface area (Å²) < 4.78 is 1.25. The van der Waals surface area contributed by atoms with E-state index in [9.17, 15) is 19.2 Å². The molecule has 0 radical (unpaired) electrons. The summed E-state index contributed by atoms with van der Waals surface area (Å²) in [6, 6.07) is 8.53. The molecule has 3 heterocycles. The molecule has 4 amide bonds. The van der Waals surface area contributed by atoms with Crippen molar-refractivity contribution in [3.8, 4) is 5.69 Å². The number of amides is 4. The maximum atomic E-state index is 12.9. The number of benzene rings is 1. The van der Waals surface area contributed by atoms with E-state index in [1.807, 2.05) is 23.1 Å². The number of carbonyl (C=O) groups excluding carboxylic acids is 3. The van der Waals surface area contributed by atoms with Crippen molar-refractivity contribution >= 4 is 35.1 Å². The molecule has 1 N–H and O–H groups in total. The summed E-state index contributed by atoms with van der Waals surface area (Å²) in [5, 5.41) is 7.14. The highest BCUT2D eigenvalue weighted by Gasteiger charge is 2.52. The molecule has 1 aromatic carbocycles. The van der Waals surface area contributed by atoms with E-state index in [1.165, 1.54) is 4.68 Å². The molecule has 1 aromatic heterocycles. The first kappa shape index (κ1) is 22.4. The van der Waals surface area contributed by atoms with Crippen LogP contribution in [0.5, 0.6) is 0 Å². The number of halogens is 1. The molecule has 3 fully saturated rings. The van der Waals surface area contributed by atoms with Crippen molar-refractivity contribution in [1.82, 2.24) is 24.9 Å². The number of anilines is 1. The lowest BCUT2D eigenvalue weighted by Gasteiger charge is -2.36. The van der Waals surface area contributed by atoms with Crippen LogP contribution in [0.2, 0.25) is 5.02 Å². The number of urea groups is 1. The second-order valence-electron chi connectivity index (χ2n) is 8.87. The van der Waals surface area contributed by atoms with Gasteiger partial charge >= 0.3 is 6.03 Å². The average Bonchev–Trinajstić information content (AvgIpc) is 3.41. The molecule has 1 spiro atoms. The van der Waals surface area contributed by atoms with Gasteiger partial charge in [-0.1, -0.05) is 42.6 Å². The molecule has 2 aromatic rings. The van der Waals surface area contributed by atoms with Crippen molar-refractivity contribution in [3.63, 3.8) is 0 Å². The van der Waals surface area contributed by atoms with Gasteiger partial charge in [-0.3, -0.25) is 19.3 Å². The molecule has 0 atom stereocenters. The van der Waals surface area contributed by atoms with Crippen molar-refractivity contribution in [2.75, 3.05) is 37.6 Å². The van der Waals surface area contributed by atoms with Crippen molar-refractivity contribution in [1.29, 1.82) is 0 Å². The summed E-state index contributed by atoms with van der Waals surface area (Å²) in [6.07, 6.45) is 4.59. The predicted molar refractivity (Wildman–Crippen MR) is 125 cm³/mol. The number of nitrogens with one attached hydrogen (secondary N) is 1. The molecule has 2 saturated heterocycles. The fourth-order valence-electron chi connectivity index (χ4n) is 4.97. The van der Waals surface area contributed by atoms with Gasteiger partial charge in [0.2, 0.25) is 5.91 Å². The number of imide groups is 1. The Hall–Kier alpha value is -3.40. The van der Waals surface area contributed by atoms with E-state index in [0.29, 0.717) is 50.4 Å². The van der Waals surface area contributed by atoms with Crippen molar-refractivity contribution < 1.29 is 14.4 Å². The number of hydrogen-bond donors (Lipinski definition) is 1. The number of nitrogens with zero attached hydrogens (tertiary/aromatic N) is 5. The quantitative estimate of drug-likeness (QED) is 0.657. The molecule has 34 heavy (non-hydrogen) atoms. The van der Waals surface area contributed by atoms with Crippen molar-refractivity contribution in [2.24, 2.45) is 0 Å².